The molecule has 0 aliphatic rings. The lowest BCUT2D eigenvalue weighted by atomic mass is 9.93. The van der Waals surface area contributed by atoms with Gasteiger partial charge in [0.15, 0.2) is 0 Å². The predicted molar refractivity (Wildman–Crippen MR) is 65.3 cm³/mol. The molecule has 0 bridgehead atoms. The molecule has 2 N–H and O–H groups in total. The molecular weight excluding hydrogens is 283 g/mol. The van der Waals surface area contributed by atoms with Crippen LogP contribution in [0.2, 0.25) is 5.02 Å². The third-order valence-electron chi connectivity index (χ3n) is 2.62. The zero-order chi connectivity index (χ0) is 14.7. The first-order valence-corrected chi connectivity index (χ1v) is 5.80. The van der Waals surface area contributed by atoms with Crippen LogP contribution in [0.25, 0.3) is 0 Å². The topological polar surface area (TPSA) is 49.3 Å². The van der Waals surface area contributed by atoms with Crippen molar-refractivity contribution >= 4 is 17.6 Å². The highest BCUT2D eigenvalue weighted by Crippen LogP contribution is 2.19. The van der Waals surface area contributed by atoms with Crippen molar-refractivity contribution in [2.24, 2.45) is 0 Å². The van der Waals surface area contributed by atoms with Crippen molar-refractivity contribution in [2.75, 3.05) is 6.54 Å². The number of rotatable bonds is 5. The summed E-state index contributed by atoms with van der Waals surface area (Å²) in [5, 5.41) is 11.6. The lowest BCUT2D eigenvalue weighted by Gasteiger charge is -2.27. The molecule has 1 atom stereocenters. The number of alkyl halides is 3. The molecule has 106 valence electrons. The molecule has 7 heteroatoms. The van der Waals surface area contributed by atoms with E-state index in [4.69, 9.17) is 16.7 Å². The summed E-state index contributed by atoms with van der Waals surface area (Å²) < 4.78 is 36.5. The number of benzene rings is 1. The van der Waals surface area contributed by atoms with Gasteiger partial charge in [0, 0.05) is 11.4 Å². The fourth-order valence-electron chi connectivity index (χ4n) is 1.52. The van der Waals surface area contributed by atoms with Gasteiger partial charge in [-0.15, -0.1) is 0 Å². The Morgan fingerprint density at radius 1 is 1.32 bits per heavy atom. The van der Waals surface area contributed by atoms with Crippen LogP contribution < -0.4 is 5.32 Å². The molecule has 1 unspecified atom stereocenters. The fourth-order valence-corrected chi connectivity index (χ4v) is 1.65. The Balaban J connectivity index is 2.82. The number of hydrogen-bond donors (Lipinski definition) is 2. The number of aliphatic carboxylic acids is 1. The van der Waals surface area contributed by atoms with Crippen molar-refractivity contribution in [3.05, 3.63) is 34.9 Å². The Morgan fingerprint density at radius 3 is 2.26 bits per heavy atom. The number of nitrogens with one attached hydrogen (secondary N) is 1. The maximum atomic E-state index is 12.2. The molecule has 0 aromatic heterocycles. The van der Waals surface area contributed by atoms with Gasteiger partial charge in [-0.05, 0) is 24.6 Å². The molecule has 1 aromatic carbocycles. The summed E-state index contributed by atoms with van der Waals surface area (Å²) in [5.41, 5.74) is -1.10. The number of halogens is 4. The Hall–Kier alpha value is -1.27. The third kappa shape index (κ3) is 5.08. The zero-order valence-electron chi connectivity index (χ0n) is 10.1. The van der Waals surface area contributed by atoms with E-state index in [1.54, 1.807) is 24.3 Å². The van der Waals surface area contributed by atoms with E-state index in [1.165, 1.54) is 6.92 Å². The van der Waals surface area contributed by atoms with Crippen LogP contribution >= 0.6 is 11.6 Å². The van der Waals surface area contributed by atoms with Crippen LogP contribution in [0.15, 0.2) is 24.3 Å². The third-order valence-corrected chi connectivity index (χ3v) is 2.87. The summed E-state index contributed by atoms with van der Waals surface area (Å²) in [6.45, 7) is -0.140. The molecule has 0 saturated carbocycles. The Kier molecular flexibility index (Phi) is 4.81. The second kappa shape index (κ2) is 5.79. The average molecular weight is 296 g/mol. The lowest BCUT2D eigenvalue weighted by molar-refractivity contribution is -0.149. The van der Waals surface area contributed by atoms with E-state index in [0.717, 1.165) is 0 Å². The Morgan fingerprint density at radius 2 is 1.84 bits per heavy atom. The number of carboxylic acids is 1. The minimum absolute atomic E-state index is 0.0738. The summed E-state index contributed by atoms with van der Waals surface area (Å²) in [6, 6.07) is 6.28. The highest BCUT2D eigenvalue weighted by molar-refractivity contribution is 6.30. The largest absolute Gasteiger partial charge is 0.480 e. The van der Waals surface area contributed by atoms with Gasteiger partial charge in [0.25, 0.3) is 0 Å². The van der Waals surface area contributed by atoms with Gasteiger partial charge in [0.05, 0.1) is 6.54 Å². The van der Waals surface area contributed by atoms with E-state index in [-0.39, 0.29) is 6.42 Å². The maximum Gasteiger partial charge on any atom is 0.401 e. The summed E-state index contributed by atoms with van der Waals surface area (Å²) in [6.07, 6.45) is -4.54. The average Bonchev–Trinajstić information content (AvgIpc) is 2.29. The molecule has 1 aromatic rings. The standard InChI is InChI=1S/C12H13ClF3NO2/c1-11(10(18)19,17-7-12(14,15)16)6-8-2-4-9(13)5-3-8/h2-5,17H,6-7H2,1H3,(H,18,19). The highest BCUT2D eigenvalue weighted by atomic mass is 35.5. The van der Waals surface area contributed by atoms with Crippen molar-refractivity contribution < 1.29 is 23.1 Å². The Bertz CT molecular complexity index is 447. The number of hydrogen-bond acceptors (Lipinski definition) is 2. The molecule has 0 aliphatic heterocycles. The summed E-state index contributed by atoms with van der Waals surface area (Å²) in [5.74, 6) is -1.34. The van der Waals surface area contributed by atoms with Gasteiger partial charge in [-0.1, -0.05) is 23.7 Å². The minimum Gasteiger partial charge on any atom is -0.480 e. The first-order chi connectivity index (χ1) is 8.62. The van der Waals surface area contributed by atoms with Crippen molar-refractivity contribution in [3.8, 4) is 0 Å². The Labute approximate surface area is 113 Å². The van der Waals surface area contributed by atoms with E-state index < -0.39 is 24.2 Å². The lowest BCUT2D eigenvalue weighted by Crippen LogP contribution is -2.54. The van der Waals surface area contributed by atoms with Gasteiger partial charge in [-0.3, -0.25) is 10.1 Å². The van der Waals surface area contributed by atoms with Crippen LogP contribution in [0.1, 0.15) is 12.5 Å². The van der Waals surface area contributed by atoms with Crippen molar-refractivity contribution in [2.45, 2.75) is 25.1 Å². The first-order valence-electron chi connectivity index (χ1n) is 5.42. The monoisotopic (exact) mass is 295 g/mol. The van der Waals surface area contributed by atoms with Gasteiger partial charge in [-0.2, -0.15) is 13.2 Å². The molecule has 19 heavy (non-hydrogen) atoms. The van der Waals surface area contributed by atoms with Crippen molar-refractivity contribution in [3.63, 3.8) is 0 Å². The molecule has 0 amide bonds. The number of carbonyl (C=O) groups is 1. The fraction of sp³-hybridized carbons (Fsp3) is 0.417. The smallest absolute Gasteiger partial charge is 0.401 e. The molecule has 0 fully saturated rings. The summed E-state index contributed by atoms with van der Waals surface area (Å²) in [4.78, 5) is 11.2. The molecule has 0 saturated heterocycles. The van der Waals surface area contributed by atoms with E-state index in [2.05, 4.69) is 0 Å². The molecule has 0 radical (unpaired) electrons. The van der Waals surface area contributed by atoms with Gasteiger partial charge < -0.3 is 5.11 Å². The second-order valence-corrected chi connectivity index (χ2v) is 4.85. The van der Waals surface area contributed by atoms with Crippen LogP contribution in [0.3, 0.4) is 0 Å². The quantitative estimate of drug-likeness (QED) is 0.878. The van der Waals surface area contributed by atoms with E-state index in [1.807, 2.05) is 5.32 Å². The zero-order valence-corrected chi connectivity index (χ0v) is 10.8. The minimum atomic E-state index is -4.46. The van der Waals surface area contributed by atoms with Crippen molar-refractivity contribution in [1.82, 2.24) is 5.32 Å². The first kappa shape index (κ1) is 15.8. The van der Waals surface area contributed by atoms with Crippen LogP contribution in [0.5, 0.6) is 0 Å². The molecule has 1 rings (SSSR count). The van der Waals surface area contributed by atoms with E-state index in [0.29, 0.717) is 10.6 Å². The molecule has 3 nitrogen and oxygen atoms in total. The predicted octanol–water partition coefficient (Wildman–Crippen LogP) is 2.88. The van der Waals surface area contributed by atoms with Crippen LogP contribution in [-0.4, -0.2) is 29.3 Å². The normalized spacial score (nSPS) is 15.0. The van der Waals surface area contributed by atoms with Crippen LogP contribution in [0.4, 0.5) is 13.2 Å². The second-order valence-electron chi connectivity index (χ2n) is 4.41. The summed E-state index contributed by atoms with van der Waals surface area (Å²) in [7, 11) is 0. The van der Waals surface area contributed by atoms with Crippen LogP contribution in [-0.2, 0) is 11.2 Å². The van der Waals surface area contributed by atoms with Crippen LogP contribution in [0, 0.1) is 0 Å². The van der Waals surface area contributed by atoms with Gasteiger partial charge in [0.1, 0.15) is 5.54 Å². The van der Waals surface area contributed by atoms with Gasteiger partial charge >= 0.3 is 12.1 Å². The highest BCUT2D eigenvalue weighted by Gasteiger charge is 2.37. The van der Waals surface area contributed by atoms with Gasteiger partial charge in [0.2, 0.25) is 0 Å². The van der Waals surface area contributed by atoms with Crippen molar-refractivity contribution in [1.29, 1.82) is 0 Å². The molecule has 0 aliphatic carbocycles. The van der Waals surface area contributed by atoms with E-state index in [9.17, 15) is 18.0 Å². The molecule has 0 heterocycles. The molecular formula is C12H13ClF3NO2. The summed E-state index contributed by atoms with van der Waals surface area (Å²) >= 11 is 5.69. The molecule has 0 spiro atoms. The SMILES string of the molecule is CC(Cc1ccc(Cl)cc1)(NCC(F)(F)F)C(=O)O. The number of carboxylic acid groups (broad SMARTS) is 1. The van der Waals surface area contributed by atoms with E-state index >= 15 is 0 Å². The maximum absolute atomic E-state index is 12.2. The van der Waals surface area contributed by atoms with Gasteiger partial charge in [-0.25, -0.2) is 0 Å².